The van der Waals surface area contributed by atoms with E-state index >= 15 is 0 Å². The summed E-state index contributed by atoms with van der Waals surface area (Å²) in [5.41, 5.74) is 6.73. The molecule has 0 spiro atoms. The molecule has 1 amide bonds. The molecule has 3 N–H and O–H groups in total. The lowest BCUT2D eigenvalue weighted by Crippen LogP contribution is -2.25. The Morgan fingerprint density at radius 3 is 2.94 bits per heavy atom. The van der Waals surface area contributed by atoms with E-state index in [0.29, 0.717) is 23.1 Å². The van der Waals surface area contributed by atoms with Crippen LogP contribution in [0.3, 0.4) is 0 Å². The number of anilines is 1. The maximum Gasteiger partial charge on any atom is 0.226 e. The van der Waals surface area contributed by atoms with E-state index in [4.69, 9.17) is 10.3 Å². The minimum atomic E-state index is -0.158. The number of nitrogens with one attached hydrogen (secondary N) is 1. The zero-order valence-corrected chi connectivity index (χ0v) is 9.88. The lowest BCUT2D eigenvalue weighted by Gasteiger charge is -2.02. The summed E-state index contributed by atoms with van der Waals surface area (Å²) in [6.45, 7) is 1.93. The molecule has 0 saturated heterocycles. The molecule has 0 fully saturated rings. The summed E-state index contributed by atoms with van der Waals surface area (Å²) < 4.78 is 4.79. The zero-order chi connectivity index (χ0) is 13.0. The highest BCUT2D eigenvalue weighted by Crippen LogP contribution is 2.02. The predicted molar refractivity (Wildman–Crippen MR) is 63.2 cm³/mol. The number of rotatable bonds is 4. The number of pyridine rings is 1. The van der Waals surface area contributed by atoms with E-state index in [9.17, 15) is 4.79 Å². The van der Waals surface area contributed by atoms with Gasteiger partial charge in [0.1, 0.15) is 0 Å². The average molecular weight is 247 g/mol. The van der Waals surface area contributed by atoms with Crippen molar-refractivity contribution in [3.63, 3.8) is 0 Å². The number of nitrogens with two attached hydrogens (primary N) is 1. The lowest BCUT2D eigenvalue weighted by molar-refractivity contribution is -0.120. The first-order valence-corrected chi connectivity index (χ1v) is 5.40. The zero-order valence-electron chi connectivity index (χ0n) is 9.88. The second-order valence-corrected chi connectivity index (χ2v) is 3.77. The first-order valence-electron chi connectivity index (χ1n) is 5.40. The minimum Gasteiger partial charge on any atom is -0.397 e. The summed E-state index contributed by atoms with van der Waals surface area (Å²) in [7, 11) is 0. The number of carbonyl (C=O) groups excluding carboxylic acids is 1. The van der Waals surface area contributed by atoms with Crippen molar-refractivity contribution in [1.29, 1.82) is 0 Å². The topological polar surface area (TPSA) is 107 Å². The van der Waals surface area contributed by atoms with Gasteiger partial charge < -0.3 is 15.6 Å². The third-order valence-electron chi connectivity index (χ3n) is 2.20. The molecule has 0 bridgehead atoms. The summed E-state index contributed by atoms with van der Waals surface area (Å²) >= 11 is 0. The molecule has 0 unspecified atom stereocenters. The molecule has 0 aliphatic carbocycles. The number of nitrogen functional groups attached to an aromatic ring is 1. The standard InChI is InChI=1S/C11H13N5O2/c1-7-15-10(16-18-7)6-14-11(17)4-9-3-2-8(12)5-13-9/h2-3,5H,4,6,12H2,1H3,(H,14,17). The Balaban J connectivity index is 1.83. The van der Waals surface area contributed by atoms with Crippen LogP contribution in [0, 0.1) is 6.92 Å². The molecular weight excluding hydrogens is 234 g/mol. The van der Waals surface area contributed by atoms with Gasteiger partial charge in [0.2, 0.25) is 11.8 Å². The highest BCUT2D eigenvalue weighted by Gasteiger charge is 2.07. The second kappa shape index (κ2) is 5.26. The number of aryl methyl sites for hydroxylation is 1. The van der Waals surface area contributed by atoms with E-state index in [0.717, 1.165) is 0 Å². The highest BCUT2D eigenvalue weighted by atomic mass is 16.5. The van der Waals surface area contributed by atoms with Crippen LogP contribution in [0.5, 0.6) is 0 Å². The van der Waals surface area contributed by atoms with Crippen LogP contribution in [0.4, 0.5) is 5.69 Å². The van der Waals surface area contributed by atoms with Gasteiger partial charge in [-0.2, -0.15) is 4.98 Å². The van der Waals surface area contributed by atoms with Gasteiger partial charge in [0, 0.05) is 12.6 Å². The van der Waals surface area contributed by atoms with Crippen LogP contribution in [-0.2, 0) is 17.8 Å². The highest BCUT2D eigenvalue weighted by molar-refractivity contribution is 5.78. The van der Waals surface area contributed by atoms with Crippen LogP contribution in [0.15, 0.2) is 22.9 Å². The van der Waals surface area contributed by atoms with Crippen LogP contribution in [0.25, 0.3) is 0 Å². The van der Waals surface area contributed by atoms with Crippen LogP contribution >= 0.6 is 0 Å². The smallest absolute Gasteiger partial charge is 0.226 e. The van der Waals surface area contributed by atoms with Crippen LogP contribution < -0.4 is 11.1 Å². The van der Waals surface area contributed by atoms with Crippen LogP contribution in [0.2, 0.25) is 0 Å². The van der Waals surface area contributed by atoms with Crippen molar-refractivity contribution in [1.82, 2.24) is 20.4 Å². The maximum atomic E-state index is 11.6. The fourth-order valence-corrected chi connectivity index (χ4v) is 1.36. The Labute approximate surface area is 103 Å². The van der Waals surface area contributed by atoms with Gasteiger partial charge in [-0.3, -0.25) is 9.78 Å². The fraction of sp³-hybridized carbons (Fsp3) is 0.273. The van der Waals surface area contributed by atoms with Crippen LogP contribution in [0.1, 0.15) is 17.4 Å². The summed E-state index contributed by atoms with van der Waals surface area (Å²) in [5.74, 6) is 0.764. The third kappa shape index (κ3) is 3.27. The van der Waals surface area contributed by atoms with Crippen molar-refractivity contribution in [2.24, 2.45) is 0 Å². The van der Waals surface area contributed by atoms with Gasteiger partial charge in [-0.15, -0.1) is 0 Å². The first kappa shape index (κ1) is 12.0. The number of amides is 1. The molecule has 2 aromatic rings. The Bertz CT molecular complexity index is 535. The molecule has 0 radical (unpaired) electrons. The molecule has 18 heavy (non-hydrogen) atoms. The number of nitrogens with zero attached hydrogens (tertiary/aromatic N) is 3. The van der Waals surface area contributed by atoms with Gasteiger partial charge in [0.15, 0.2) is 5.82 Å². The molecule has 7 nitrogen and oxygen atoms in total. The maximum absolute atomic E-state index is 11.6. The Morgan fingerprint density at radius 1 is 1.50 bits per heavy atom. The normalized spacial score (nSPS) is 10.3. The van der Waals surface area contributed by atoms with Crippen molar-refractivity contribution < 1.29 is 9.32 Å². The molecule has 2 heterocycles. The van der Waals surface area contributed by atoms with Crippen molar-refractivity contribution in [3.8, 4) is 0 Å². The average Bonchev–Trinajstić information content (AvgIpc) is 2.76. The number of hydrogen-bond acceptors (Lipinski definition) is 6. The quantitative estimate of drug-likeness (QED) is 0.800. The van der Waals surface area contributed by atoms with Gasteiger partial charge in [-0.25, -0.2) is 0 Å². The molecule has 2 rings (SSSR count). The van der Waals surface area contributed by atoms with E-state index in [1.807, 2.05) is 0 Å². The summed E-state index contributed by atoms with van der Waals surface area (Å²) in [6.07, 6.45) is 1.71. The van der Waals surface area contributed by atoms with Crippen molar-refractivity contribution >= 4 is 11.6 Å². The molecule has 0 aliphatic rings. The molecule has 0 atom stereocenters. The molecule has 0 saturated carbocycles. The number of hydrogen-bond donors (Lipinski definition) is 2. The molecule has 7 heteroatoms. The minimum absolute atomic E-state index is 0.158. The van der Waals surface area contributed by atoms with Crippen molar-refractivity contribution in [2.75, 3.05) is 5.73 Å². The van der Waals surface area contributed by atoms with Crippen LogP contribution in [-0.4, -0.2) is 21.0 Å². The Morgan fingerprint density at radius 2 is 2.33 bits per heavy atom. The van der Waals surface area contributed by atoms with Gasteiger partial charge in [-0.05, 0) is 12.1 Å². The fourth-order valence-electron chi connectivity index (χ4n) is 1.36. The van der Waals surface area contributed by atoms with E-state index in [1.165, 1.54) is 6.20 Å². The summed E-state index contributed by atoms with van der Waals surface area (Å²) in [5, 5.41) is 6.35. The molecule has 0 aliphatic heterocycles. The molecule has 0 aromatic carbocycles. The van der Waals surface area contributed by atoms with E-state index in [-0.39, 0.29) is 18.9 Å². The number of aromatic nitrogens is 3. The van der Waals surface area contributed by atoms with Gasteiger partial charge in [0.05, 0.1) is 24.8 Å². The van der Waals surface area contributed by atoms with Crippen molar-refractivity contribution in [3.05, 3.63) is 35.7 Å². The summed E-state index contributed by atoms with van der Waals surface area (Å²) in [6, 6.07) is 3.42. The lowest BCUT2D eigenvalue weighted by atomic mass is 10.2. The van der Waals surface area contributed by atoms with Gasteiger partial charge in [0.25, 0.3) is 0 Å². The first-order chi connectivity index (χ1) is 8.63. The predicted octanol–water partition coefficient (Wildman–Crippen LogP) is 0.214. The third-order valence-corrected chi connectivity index (χ3v) is 2.20. The van der Waals surface area contributed by atoms with Gasteiger partial charge in [-0.1, -0.05) is 5.16 Å². The molecular formula is C11H13N5O2. The Hall–Kier alpha value is -2.44. The van der Waals surface area contributed by atoms with Crippen molar-refractivity contribution in [2.45, 2.75) is 19.9 Å². The second-order valence-electron chi connectivity index (χ2n) is 3.77. The Kier molecular flexibility index (Phi) is 3.52. The van der Waals surface area contributed by atoms with Gasteiger partial charge >= 0.3 is 0 Å². The van der Waals surface area contributed by atoms with E-state index in [2.05, 4.69) is 20.4 Å². The SMILES string of the molecule is Cc1nc(CNC(=O)Cc2ccc(N)cn2)no1. The summed E-state index contributed by atoms with van der Waals surface area (Å²) in [4.78, 5) is 19.6. The monoisotopic (exact) mass is 247 g/mol. The van der Waals surface area contributed by atoms with E-state index in [1.54, 1.807) is 19.1 Å². The molecule has 2 aromatic heterocycles. The largest absolute Gasteiger partial charge is 0.397 e. The number of carbonyl (C=O) groups is 1. The molecule has 94 valence electrons. The van der Waals surface area contributed by atoms with E-state index < -0.39 is 0 Å².